The molecule has 4 nitrogen and oxygen atoms in total. The number of aromatic nitrogens is 3. The summed E-state index contributed by atoms with van der Waals surface area (Å²) in [5.74, 6) is 0. The summed E-state index contributed by atoms with van der Waals surface area (Å²) < 4.78 is 37.9. The van der Waals surface area contributed by atoms with Crippen molar-refractivity contribution in [1.29, 1.82) is 5.26 Å². The summed E-state index contributed by atoms with van der Waals surface area (Å²) in [4.78, 5) is 0. The number of alkyl halides is 3. The Morgan fingerprint density at radius 3 is 2.57 bits per heavy atom. The van der Waals surface area contributed by atoms with Crippen LogP contribution in [-0.2, 0) is 12.7 Å². The van der Waals surface area contributed by atoms with E-state index < -0.39 is 17.6 Å². The van der Waals surface area contributed by atoms with Gasteiger partial charge in [0.05, 0.1) is 0 Å². The quantitative estimate of drug-likeness (QED) is 0.734. The molecule has 0 N–H and O–H groups in total. The highest BCUT2D eigenvalue weighted by Crippen LogP contribution is 2.30. The van der Waals surface area contributed by atoms with E-state index in [0.29, 0.717) is 11.1 Å². The molecule has 0 saturated heterocycles. The minimum absolute atomic E-state index is 0.101. The maximum absolute atomic E-state index is 12.4. The number of nitriles is 1. The number of halogens is 3. The average molecular weight is 204 g/mol. The van der Waals surface area contributed by atoms with Gasteiger partial charge in [-0.25, -0.2) is 4.68 Å². The highest BCUT2D eigenvalue weighted by molar-refractivity contribution is 5.26. The molecule has 0 saturated carbocycles. The first-order valence-corrected chi connectivity index (χ1v) is 3.91. The van der Waals surface area contributed by atoms with Crippen LogP contribution in [0.1, 0.15) is 24.7 Å². The second kappa shape index (κ2) is 3.65. The molecule has 0 aliphatic rings. The van der Waals surface area contributed by atoms with Crippen molar-refractivity contribution in [1.82, 2.24) is 15.0 Å². The molecule has 0 fully saturated rings. The van der Waals surface area contributed by atoms with Gasteiger partial charge in [-0.3, -0.25) is 0 Å². The Labute approximate surface area is 77.9 Å². The highest BCUT2D eigenvalue weighted by atomic mass is 19.4. The lowest BCUT2D eigenvalue weighted by Gasteiger charge is -2.07. The molecule has 0 atom stereocenters. The van der Waals surface area contributed by atoms with Gasteiger partial charge in [-0.15, -0.1) is 5.10 Å². The second-order valence-corrected chi connectivity index (χ2v) is 2.62. The number of rotatable bonds is 2. The Hall–Kier alpha value is -1.58. The van der Waals surface area contributed by atoms with Crippen LogP contribution in [0.15, 0.2) is 0 Å². The molecule has 1 rings (SSSR count). The topological polar surface area (TPSA) is 54.5 Å². The molecule has 1 aromatic heterocycles. The highest BCUT2D eigenvalue weighted by Gasteiger charge is 2.39. The number of hydrogen-bond acceptors (Lipinski definition) is 3. The van der Waals surface area contributed by atoms with Crippen LogP contribution in [0.5, 0.6) is 0 Å². The first-order valence-electron chi connectivity index (χ1n) is 3.91. The number of hydrogen-bond donors (Lipinski definition) is 0. The van der Waals surface area contributed by atoms with E-state index >= 15 is 0 Å². The molecule has 0 spiro atoms. The van der Waals surface area contributed by atoms with E-state index in [1.807, 2.05) is 0 Å². The van der Waals surface area contributed by atoms with Crippen molar-refractivity contribution in [3.63, 3.8) is 0 Å². The Balaban J connectivity index is 3.21. The number of aryl methyl sites for hydroxylation is 1. The lowest BCUT2D eigenvalue weighted by atomic mass is 10.3. The number of nitrogens with zero attached hydrogens (tertiary/aromatic N) is 4. The van der Waals surface area contributed by atoms with Crippen molar-refractivity contribution >= 4 is 0 Å². The lowest BCUT2D eigenvalue weighted by molar-refractivity contribution is -0.144. The molecule has 0 radical (unpaired) electrons. The van der Waals surface area contributed by atoms with Crippen LogP contribution in [0, 0.1) is 11.3 Å². The van der Waals surface area contributed by atoms with E-state index in [-0.39, 0.29) is 6.54 Å². The smallest absolute Gasteiger partial charge is 0.239 e. The van der Waals surface area contributed by atoms with E-state index in [4.69, 9.17) is 5.26 Å². The molecule has 0 bridgehead atoms. The monoisotopic (exact) mass is 204 g/mol. The largest absolute Gasteiger partial charge is 0.436 e. The van der Waals surface area contributed by atoms with Crippen LogP contribution < -0.4 is 0 Å². The Morgan fingerprint density at radius 2 is 2.14 bits per heavy atom. The molecule has 0 amide bonds. The van der Waals surface area contributed by atoms with Gasteiger partial charge in [-0.1, -0.05) is 12.1 Å². The molecule has 7 heteroatoms. The third-order valence-electron chi connectivity index (χ3n) is 1.54. The summed E-state index contributed by atoms with van der Waals surface area (Å²) >= 11 is 0. The standard InChI is InChI=1S/C7H7F3N4/c1-2-3-14-6(7(8,9)10)5(4-11)12-13-14/h2-3H2,1H3. The van der Waals surface area contributed by atoms with Crippen LogP contribution in [0.2, 0.25) is 0 Å². The zero-order valence-corrected chi connectivity index (χ0v) is 7.34. The first-order chi connectivity index (χ1) is 6.50. The van der Waals surface area contributed by atoms with Crippen molar-refractivity contribution in [3.8, 4) is 6.07 Å². The van der Waals surface area contributed by atoms with Crippen LogP contribution in [0.3, 0.4) is 0 Å². The minimum atomic E-state index is -4.58. The third kappa shape index (κ3) is 1.84. The Morgan fingerprint density at radius 1 is 1.50 bits per heavy atom. The molecule has 1 aromatic rings. The van der Waals surface area contributed by atoms with Gasteiger partial charge >= 0.3 is 6.18 Å². The zero-order chi connectivity index (χ0) is 10.8. The fourth-order valence-electron chi connectivity index (χ4n) is 1.04. The summed E-state index contributed by atoms with van der Waals surface area (Å²) in [6, 6.07) is 1.37. The maximum Gasteiger partial charge on any atom is 0.436 e. The second-order valence-electron chi connectivity index (χ2n) is 2.62. The van der Waals surface area contributed by atoms with Crippen LogP contribution in [0.4, 0.5) is 13.2 Å². The zero-order valence-electron chi connectivity index (χ0n) is 7.34. The van der Waals surface area contributed by atoms with Gasteiger partial charge in [0.15, 0.2) is 11.4 Å². The summed E-state index contributed by atoms with van der Waals surface area (Å²) in [7, 11) is 0. The summed E-state index contributed by atoms with van der Waals surface area (Å²) in [6.45, 7) is 1.82. The third-order valence-corrected chi connectivity index (χ3v) is 1.54. The fourth-order valence-corrected chi connectivity index (χ4v) is 1.04. The molecule has 0 aliphatic carbocycles. The molecule has 0 aromatic carbocycles. The SMILES string of the molecule is CCCn1nnc(C#N)c1C(F)(F)F. The minimum Gasteiger partial charge on any atom is -0.239 e. The van der Waals surface area contributed by atoms with Crippen molar-refractivity contribution in [3.05, 3.63) is 11.4 Å². The summed E-state index contributed by atoms with van der Waals surface area (Å²) in [5, 5.41) is 14.8. The summed E-state index contributed by atoms with van der Waals surface area (Å²) in [6.07, 6.45) is -4.08. The Bertz CT molecular complexity index is 360. The van der Waals surface area contributed by atoms with Crippen LogP contribution in [-0.4, -0.2) is 15.0 Å². The van der Waals surface area contributed by atoms with Gasteiger partial charge in [0.25, 0.3) is 0 Å². The van der Waals surface area contributed by atoms with Crippen LogP contribution >= 0.6 is 0 Å². The van der Waals surface area contributed by atoms with Gasteiger partial charge in [-0.05, 0) is 6.42 Å². The molecule has 76 valence electrons. The molecule has 14 heavy (non-hydrogen) atoms. The summed E-state index contributed by atoms with van der Waals surface area (Å²) in [5.41, 5.74) is -1.74. The lowest BCUT2D eigenvalue weighted by Crippen LogP contribution is -2.15. The predicted molar refractivity (Wildman–Crippen MR) is 40.0 cm³/mol. The van der Waals surface area contributed by atoms with Gasteiger partial charge in [-0.2, -0.15) is 18.4 Å². The van der Waals surface area contributed by atoms with Crippen molar-refractivity contribution in [2.45, 2.75) is 26.1 Å². The van der Waals surface area contributed by atoms with Gasteiger partial charge in [0, 0.05) is 6.54 Å². The molecule has 0 aliphatic heterocycles. The van der Waals surface area contributed by atoms with Crippen molar-refractivity contribution in [2.75, 3.05) is 0 Å². The van der Waals surface area contributed by atoms with E-state index in [1.165, 1.54) is 6.07 Å². The average Bonchev–Trinajstić information content (AvgIpc) is 2.47. The van der Waals surface area contributed by atoms with Crippen LogP contribution in [0.25, 0.3) is 0 Å². The molecule has 0 unspecified atom stereocenters. The molecular weight excluding hydrogens is 197 g/mol. The van der Waals surface area contributed by atoms with E-state index in [2.05, 4.69) is 10.3 Å². The van der Waals surface area contributed by atoms with Crippen molar-refractivity contribution in [2.24, 2.45) is 0 Å². The van der Waals surface area contributed by atoms with E-state index in [1.54, 1.807) is 6.92 Å². The van der Waals surface area contributed by atoms with Gasteiger partial charge in [0.2, 0.25) is 0 Å². The van der Waals surface area contributed by atoms with E-state index in [9.17, 15) is 13.2 Å². The van der Waals surface area contributed by atoms with E-state index in [0.717, 1.165) is 0 Å². The first kappa shape index (κ1) is 10.5. The normalized spacial score (nSPS) is 11.4. The van der Waals surface area contributed by atoms with Crippen molar-refractivity contribution < 1.29 is 13.2 Å². The van der Waals surface area contributed by atoms with Gasteiger partial charge in [0.1, 0.15) is 6.07 Å². The maximum atomic E-state index is 12.4. The molecule has 1 heterocycles. The molecular formula is C7H7F3N4. The van der Waals surface area contributed by atoms with Gasteiger partial charge < -0.3 is 0 Å². The fraction of sp³-hybridized carbons (Fsp3) is 0.571. The predicted octanol–water partition coefficient (Wildman–Crippen LogP) is 1.58. The Kier molecular flexibility index (Phi) is 2.74.